The number of carbonyl (C=O) groups excluding carboxylic acids is 1. The minimum absolute atomic E-state index is 0.121. The fraction of sp³-hybridized carbons (Fsp3) is 0.556. The van der Waals surface area contributed by atoms with Crippen LogP contribution in [0.25, 0.3) is 0 Å². The summed E-state index contributed by atoms with van der Waals surface area (Å²) in [4.78, 5) is 13.5. The molecule has 0 bridgehead atoms. The summed E-state index contributed by atoms with van der Waals surface area (Å²) in [5, 5.41) is 3.94. The highest BCUT2D eigenvalue weighted by molar-refractivity contribution is 6.33. The molecule has 5 nitrogen and oxygen atoms in total. The number of carbonyl (C=O) groups is 1. The van der Waals surface area contributed by atoms with Crippen LogP contribution in [0.5, 0.6) is 0 Å². The summed E-state index contributed by atoms with van der Waals surface area (Å²) in [7, 11) is 0. The van der Waals surface area contributed by atoms with Crippen LogP contribution in [0.15, 0.2) is 4.52 Å². The Morgan fingerprint density at radius 2 is 2.13 bits per heavy atom. The van der Waals surface area contributed by atoms with Crippen LogP contribution < -0.4 is 0 Å². The fourth-order valence-electron chi connectivity index (χ4n) is 1.40. The van der Waals surface area contributed by atoms with Gasteiger partial charge in [0.15, 0.2) is 0 Å². The van der Waals surface area contributed by atoms with E-state index in [-0.39, 0.29) is 11.7 Å². The highest BCUT2D eigenvalue weighted by atomic mass is 35.5. The van der Waals surface area contributed by atoms with E-state index in [9.17, 15) is 4.79 Å². The lowest BCUT2D eigenvalue weighted by molar-refractivity contribution is 0.0277. The number of rotatable bonds is 1. The van der Waals surface area contributed by atoms with Crippen LogP contribution in [0.2, 0.25) is 5.02 Å². The lowest BCUT2D eigenvalue weighted by atomic mass is 10.3. The molecule has 1 aliphatic heterocycles. The fourth-order valence-corrected chi connectivity index (χ4v) is 1.55. The molecule has 1 aromatic rings. The van der Waals surface area contributed by atoms with E-state index in [1.54, 1.807) is 11.8 Å². The first kappa shape index (κ1) is 10.4. The molecule has 6 heteroatoms. The number of ether oxygens (including phenoxy) is 1. The van der Waals surface area contributed by atoms with E-state index in [1.165, 1.54) is 0 Å². The topological polar surface area (TPSA) is 55.6 Å². The normalized spacial score (nSPS) is 16.8. The molecule has 15 heavy (non-hydrogen) atoms. The average molecular weight is 231 g/mol. The number of aryl methyl sites for hydroxylation is 1. The first-order valence-electron chi connectivity index (χ1n) is 4.69. The van der Waals surface area contributed by atoms with Gasteiger partial charge in [-0.1, -0.05) is 16.8 Å². The number of halogens is 1. The highest BCUT2D eigenvalue weighted by Crippen LogP contribution is 2.21. The van der Waals surface area contributed by atoms with Crippen LogP contribution in [-0.4, -0.2) is 42.3 Å². The minimum atomic E-state index is -0.219. The first-order chi connectivity index (χ1) is 7.20. The predicted molar refractivity (Wildman–Crippen MR) is 53.0 cm³/mol. The van der Waals surface area contributed by atoms with Crippen LogP contribution in [0.4, 0.5) is 0 Å². The minimum Gasteiger partial charge on any atom is -0.378 e. The Labute approximate surface area is 91.9 Å². The summed E-state index contributed by atoms with van der Waals surface area (Å²) in [5.41, 5.74) is 0.535. The Morgan fingerprint density at radius 1 is 1.47 bits per heavy atom. The summed E-state index contributed by atoms with van der Waals surface area (Å²) in [5.74, 6) is -0.0973. The van der Waals surface area contributed by atoms with Crippen LogP contribution in [0.3, 0.4) is 0 Å². The molecular formula is C9H11ClN2O3. The van der Waals surface area contributed by atoms with Gasteiger partial charge < -0.3 is 14.2 Å². The second kappa shape index (κ2) is 4.20. The van der Waals surface area contributed by atoms with E-state index >= 15 is 0 Å². The van der Waals surface area contributed by atoms with Gasteiger partial charge in [0.2, 0.25) is 5.76 Å². The molecule has 0 atom stereocenters. The lowest BCUT2D eigenvalue weighted by Crippen LogP contribution is -2.40. The molecule has 0 spiro atoms. The van der Waals surface area contributed by atoms with E-state index in [0.717, 1.165) is 0 Å². The third-order valence-electron chi connectivity index (χ3n) is 2.28. The SMILES string of the molecule is Cc1noc(C(=O)N2CCOCC2)c1Cl. The first-order valence-corrected chi connectivity index (χ1v) is 5.06. The smallest absolute Gasteiger partial charge is 0.294 e. The van der Waals surface area contributed by atoms with Crippen molar-refractivity contribution >= 4 is 17.5 Å². The molecule has 1 amide bonds. The number of hydrogen-bond acceptors (Lipinski definition) is 4. The van der Waals surface area contributed by atoms with Crippen molar-refractivity contribution in [2.45, 2.75) is 6.92 Å². The second-order valence-electron chi connectivity index (χ2n) is 3.32. The van der Waals surface area contributed by atoms with Gasteiger partial charge in [-0.25, -0.2) is 0 Å². The predicted octanol–water partition coefficient (Wildman–Crippen LogP) is 1.11. The van der Waals surface area contributed by atoms with E-state index in [4.69, 9.17) is 20.9 Å². The number of morpholine rings is 1. The zero-order valence-electron chi connectivity index (χ0n) is 8.33. The van der Waals surface area contributed by atoms with Crippen molar-refractivity contribution in [2.75, 3.05) is 26.3 Å². The van der Waals surface area contributed by atoms with Crippen LogP contribution in [0.1, 0.15) is 16.2 Å². The Bertz CT molecular complexity index is 371. The van der Waals surface area contributed by atoms with Crippen LogP contribution in [0, 0.1) is 6.92 Å². The van der Waals surface area contributed by atoms with Gasteiger partial charge in [-0.2, -0.15) is 0 Å². The molecule has 1 aliphatic rings. The van der Waals surface area contributed by atoms with E-state index in [1.807, 2.05) is 0 Å². The van der Waals surface area contributed by atoms with Gasteiger partial charge in [0.25, 0.3) is 5.91 Å². The third-order valence-corrected chi connectivity index (χ3v) is 2.73. The number of hydrogen-bond donors (Lipinski definition) is 0. The van der Waals surface area contributed by atoms with Gasteiger partial charge in [-0.15, -0.1) is 0 Å². The summed E-state index contributed by atoms with van der Waals surface area (Å²) in [6, 6.07) is 0. The summed E-state index contributed by atoms with van der Waals surface area (Å²) in [6.45, 7) is 3.93. The molecule has 1 aromatic heterocycles. The molecule has 0 aliphatic carbocycles. The van der Waals surface area contributed by atoms with Gasteiger partial charge in [0.1, 0.15) is 5.02 Å². The second-order valence-corrected chi connectivity index (χ2v) is 3.69. The van der Waals surface area contributed by atoms with Gasteiger partial charge in [0, 0.05) is 13.1 Å². The van der Waals surface area contributed by atoms with Crippen molar-refractivity contribution in [2.24, 2.45) is 0 Å². The molecular weight excluding hydrogens is 220 g/mol. The average Bonchev–Trinajstić information content (AvgIpc) is 2.60. The molecule has 1 saturated heterocycles. The number of aromatic nitrogens is 1. The lowest BCUT2D eigenvalue weighted by Gasteiger charge is -2.25. The van der Waals surface area contributed by atoms with E-state index in [0.29, 0.717) is 37.0 Å². The monoisotopic (exact) mass is 230 g/mol. The molecule has 82 valence electrons. The summed E-state index contributed by atoms with van der Waals surface area (Å²) < 4.78 is 10.0. The standard InChI is InChI=1S/C9H11ClN2O3/c1-6-7(10)8(15-11-6)9(13)12-2-4-14-5-3-12/h2-5H2,1H3. The maximum atomic E-state index is 11.9. The molecule has 0 unspecified atom stereocenters. The van der Waals surface area contributed by atoms with E-state index < -0.39 is 0 Å². The molecule has 2 heterocycles. The van der Waals surface area contributed by atoms with Crippen molar-refractivity contribution < 1.29 is 14.1 Å². The Kier molecular flexibility index (Phi) is 2.93. The number of amides is 1. The Balaban J connectivity index is 2.16. The van der Waals surface area contributed by atoms with Gasteiger partial charge in [-0.05, 0) is 6.92 Å². The zero-order valence-corrected chi connectivity index (χ0v) is 9.08. The molecule has 1 fully saturated rings. The summed E-state index contributed by atoms with van der Waals surface area (Å²) in [6.07, 6.45) is 0. The Morgan fingerprint density at radius 3 is 2.67 bits per heavy atom. The van der Waals surface area contributed by atoms with Gasteiger partial charge >= 0.3 is 0 Å². The van der Waals surface area contributed by atoms with Crippen molar-refractivity contribution in [1.29, 1.82) is 0 Å². The van der Waals surface area contributed by atoms with Crippen molar-refractivity contribution in [3.05, 3.63) is 16.5 Å². The zero-order chi connectivity index (χ0) is 10.8. The van der Waals surface area contributed by atoms with Gasteiger partial charge in [0.05, 0.1) is 18.9 Å². The Hall–Kier alpha value is -1.07. The maximum Gasteiger partial charge on any atom is 0.294 e. The van der Waals surface area contributed by atoms with Crippen LogP contribution >= 0.6 is 11.6 Å². The van der Waals surface area contributed by atoms with E-state index in [2.05, 4.69) is 5.16 Å². The van der Waals surface area contributed by atoms with Crippen molar-refractivity contribution in [3.8, 4) is 0 Å². The largest absolute Gasteiger partial charge is 0.378 e. The maximum absolute atomic E-state index is 11.9. The number of nitrogens with zero attached hydrogens (tertiary/aromatic N) is 2. The van der Waals surface area contributed by atoms with Gasteiger partial charge in [-0.3, -0.25) is 4.79 Å². The molecule has 0 saturated carbocycles. The van der Waals surface area contributed by atoms with Crippen molar-refractivity contribution in [1.82, 2.24) is 10.1 Å². The summed E-state index contributed by atoms with van der Waals surface area (Å²) >= 11 is 5.89. The molecule has 2 rings (SSSR count). The third kappa shape index (κ3) is 1.98. The quantitative estimate of drug-likeness (QED) is 0.725. The molecule has 0 radical (unpaired) electrons. The van der Waals surface area contributed by atoms with Crippen molar-refractivity contribution in [3.63, 3.8) is 0 Å². The molecule has 0 N–H and O–H groups in total. The highest BCUT2D eigenvalue weighted by Gasteiger charge is 2.25. The van der Waals surface area contributed by atoms with Crippen LogP contribution in [-0.2, 0) is 4.74 Å². The molecule has 0 aromatic carbocycles.